The first-order valence-electron chi connectivity index (χ1n) is 7.36. The third-order valence-corrected chi connectivity index (χ3v) is 4.11. The maximum atomic E-state index is 12.7. The lowest BCUT2D eigenvalue weighted by molar-refractivity contribution is -0.128. The summed E-state index contributed by atoms with van der Waals surface area (Å²) in [5, 5.41) is 10.2. The molecule has 0 spiro atoms. The standard InChI is InChI=1S/C16H18N4O3/c1-8-5-9(2)13(10(3)6-8)14-15(21)20(16(22)17-14)7-12-11(4)18-23-19-12/h5-6,14H,7H2,1-4H3,(H,17,22)/t14-/m1/s1. The molecule has 0 saturated carbocycles. The zero-order valence-electron chi connectivity index (χ0n) is 13.5. The van der Waals surface area contributed by atoms with Crippen LogP contribution in [0.2, 0.25) is 0 Å². The molecule has 3 rings (SSSR count). The fourth-order valence-electron chi connectivity index (χ4n) is 3.05. The first kappa shape index (κ1) is 15.2. The van der Waals surface area contributed by atoms with Gasteiger partial charge in [-0.05, 0) is 44.4 Å². The molecule has 2 heterocycles. The van der Waals surface area contributed by atoms with Crippen molar-refractivity contribution < 1.29 is 14.2 Å². The van der Waals surface area contributed by atoms with Crippen molar-refractivity contribution in [1.82, 2.24) is 20.5 Å². The van der Waals surface area contributed by atoms with Gasteiger partial charge in [0.2, 0.25) is 0 Å². The van der Waals surface area contributed by atoms with Crippen molar-refractivity contribution in [3.63, 3.8) is 0 Å². The highest BCUT2D eigenvalue weighted by molar-refractivity contribution is 6.04. The van der Waals surface area contributed by atoms with Crippen LogP contribution >= 0.6 is 0 Å². The number of amides is 3. The van der Waals surface area contributed by atoms with Gasteiger partial charge in [-0.3, -0.25) is 9.69 Å². The summed E-state index contributed by atoms with van der Waals surface area (Å²) in [5.41, 5.74) is 5.00. The Morgan fingerprint density at radius 3 is 2.35 bits per heavy atom. The Hall–Kier alpha value is -2.70. The SMILES string of the molecule is Cc1cc(C)c([C@H]2NC(=O)N(Cc3nonc3C)C2=O)c(C)c1. The van der Waals surface area contributed by atoms with Gasteiger partial charge in [0.1, 0.15) is 17.4 Å². The lowest BCUT2D eigenvalue weighted by Gasteiger charge is -2.16. The average molecular weight is 314 g/mol. The van der Waals surface area contributed by atoms with Crippen LogP contribution in [0.1, 0.15) is 39.7 Å². The zero-order valence-corrected chi connectivity index (χ0v) is 13.5. The van der Waals surface area contributed by atoms with Gasteiger partial charge in [0.15, 0.2) is 0 Å². The molecule has 0 radical (unpaired) electrons. The molecule has 1 fully saturated rings. The van der Waals surface area contributed by atoms with Gasteiger partial charge < -0.3 is 5.32 Å². The smallest absolute Gasteiger partial charge is 0.322 e. The van der Waals surface area contributed by atoms with Crippen LogP contribution in [0.25, 0.3) is 0 Å². The van der Waals surface area contributed by atoms with Crippen molar-refractivity contribution in [2.24, 2.45) is 0 Å². The van der Waals surface area contributed by atoms with Crippen LogP contribution in [0.4, 0.5) is 4.79 Å². The van der Waals surface area contributed by atoms with Gasteiger partial charge in [-0.25, -0.2) is 9.42 Å². The topological polar surface area (TPSA) is 88.3 Å². The molecule has 3 amide bonds. The summed E-state index contributed by atoms with van der Waals surface area (Å²) in [7, 11) is 0. The number of carbonyl (C=O) groups excluding carboxylic acids is 2. The molecule has 0 unspecified atom stereocenters. The normalized spacial score (nSPS) is 17.7. The van der Waals surface area contributed by atoms with Gasteiger partial charge in [-0.1, -0.05) is 28.0 Å². The van der Waals surface area contributed by atoms with E-state index < -0.39 is 12.1 Å². The molecular weight excluding hydrogens is 296 g/mol. The predicted octanol–water partition coefficient (Wildman–Crippen LogP) is 2.10. The highest BCUT2D eigenvalue weighted by Crippen LogP contribution is 2.29. The van der Waals surface area contributed by atoms with Gasteiger partial charge >= 0.3 is 6.03 Å². The Bertz CT molecular complexity index is 773. The molecule has 0 bridgehead atoms. The molecule has 1 aromatic heterocycles. The fraction of sp³-hybridized carbons (Fsp3) is 0.375. The van der Waals surface area contributed by atoms with E-state index in [0.29, 0.717) is 11.4 Å². The first-order chi connectivity index (χ1) is 10.9. The highest BCUT2D eigenvalue weighted by Gasteiger charge is 2.40. The van der Waals surface area contributed by atoms with Gasteiger partial charge in [0, 0.05) is 0 Å². The van der Waals surface area contributed by atoms with Crippen molar-refractivity contribution in [3.05, 3.63) is 45.8 Å². The average Bonchev–Trinajstić information content (AvgIpc) is 2.97. The van der Waals surface area contributed by atoms with Crippen LogP contribution in [0.15, 0.2) is 16.8 Å². The summed E-state index contributed by atoms with van der Waals surface area (Å²) >= 11 is 0. The zero-order chi connectivity index (χ0) is 16.7. The van der Waals surface area contributed by atoms with Crippen LogP contribution in [0.5, 0.6) is 0 Å². The Morgan fingerprint density at radius 1 is 1.13 bits per heavy atom. The number of aromatic nitrogens is 2. The van der Waals surface area contributed by atoms with E-state index in [1.54, 1.807) is 6.92 Å². The van der Waals surface area contributed by atoms with E-state index in [9.17, 15) is 9.59 Å². The second kappa shape index (κ2) is 5.49. The van der Waals surface area contributed by atoms with Crippen LogP contribution in [0.3, 0.4) is 0 Å². The predicted molar refractivity (Wildman–Crippen MR) is 81.5 cm³/mol. The minimum absolute atomic E-state index is 0.0560. The first-order valence-corrected chi connectivity index (χ1v) is 7.36. The molecule has 1 N–H and O–H groups in total. The number of urea groups is 1. The molecule has 1 aliphatic heterocycles. The van der Waals surface area contributed by atoms with Crippen molar-refractivity contribution in [2.75, 3.05) is 0 Å². The Balaban J connectivity index is 1.91. The molecule has 1 saturated heterocycles. The van der Waals surface area contributed by atoms with E-state index in [-0.39, 0.29) is 12.5 Å². The molecule has 1 aliphatic rings. The summed E-state index contributed by atoms with van der Waals surface area (Å²) in [5.74, 6) is -0.285. The van der Waals surface area contributed by atoms with Crippen molar-refractivity contribution >= 4 is 11.9 Å². The van der Waals surface area contributed by atoms with Crippen LogP contribution in [0, 0.1) is 27.7 Å². The van der Waals surface area contributed by atoms with Gasteiger partial charge in [-0.15, -0.1) is 0 Å². The third-order valence-electron chi connectivity index (χ3n) is 4.11. The minimum Gasteiger partial charge on any atom is -0.322 e. The van der Waals surface area contributed by atoms with Gasteiger partial charge in [0.05, 0.1) is 6.54 Å². The van der Waals surface area contributed by atoms with Crippen LogP contribution < -0.4 is 5.32 Å². The molecule has 23 heavy (non-hydrogen) atoms. The Kier molecular flexibility index (Phi) is 3.63. The molecule has 1 atom stereocenters. The number of rotatable bonds is 3. The molecule has 1 aromatic carbocycles. The molecule has 0 aliphatic carbocycles. The number of hydrogen-bond donors (Lipinski definition) is 1. The second-order valence-corrected chi connectivity index (χ2v) is 5.92. The summed E-state index contributed by atoms with van der Waals surface area (Å²) in [4.78, 5) is 26.1. The largest absolute Gasteiger partial charge is 0.325 e. The number of nitrogens with zero attached hydrogens (tertiary/aromatic N) is 3. The van der Waals surface area contributed by atoms with E-state index >= 15 is 0 Å². The lowest BCUT2D eigenvalue weighted by atomic mass is 9.94. The summed E-state index contributed by atoms with van der Waals surface area (Å²) < 4.78 is 4.62. The number of benzene rings is 1. The van der Waals surface area contributed by atoms with Crippen molar-refractivity contribution in [3.8, 4) is 0 Å². The van der Waals surface area contributed by atoms with Gasteiger partial charge in [-0.2, -0.15) is 0 Å². The fourth-order valence-corrected chi connectivity index (χ4v) is 3.05. The van der Waals surface area contributed by atoms with E-state index in [0.717, 1.165) is 27.2 Å². The van der Waals surface area contributed by atoms with Crippen molar-refractivity contribution in [1.29, 1.82) is 0 Å². The number of aryl methyl sites for hydroxylation is 4. The van der Waals surface area contributed by atoms with Crippen LogP contribution in [-0.4, -0.2) is 27.2 Å². The third kappa shape index (κ3) is 2.58. The molecule has 2 aromatic rings. The van der Waals surface area contributed by atoms with Gasteiger partial charge in [0.25, 0.3) is 5.91 Å². The van der Waals surface area contributed by atoms with E-state index in [1.165, 1.54) is 0 Å². The van der Waals surface area contributed by atoms with E-state index in [1.807, 2.05) is 32.9 Å². The van der Waals surface area contributed by atoms with E-state index in [2.05, 4.69) is 20.3 Å². The Morgan fingerprint density at radius 2 is 1.78 bits per heavy atom. The maximum absolute atomic E-state index is 12.7. The molecule has 120 valence electrons. The lowest BCUT2D eigenvalue weighted by Crippen LogP contribution is -2.30. The molecule has 7 heteroatoms. The maximum Gasteiger partial charge on any atom is 0.325 e. The highest BCUT2D eigenvalue weighted by atomic mass is 16.6. The van der Waals surface area contributed by atoms with E-state index in [4.69, 9.17) is 0 Å². The Labute approximate surface area is 133 Å². The molecule has 7 nitrogen and oxygen atoms in total. The molecular formula is C16H18N4O3. The summed E-state index contributed by atoms with van der Waals surface area (Å²) in [6.45, 7) is 7.67. The van der Waals surface area contributed by atoms with Crippen LogP contribution in [-0.2, 0) is 11.3 Å². The number of carbonyl (C=O) groups is 2. The monoisotopic (exact) mass is 314 g/mol. The number of nitrogens with one attached hydrogen (secondary N) is 1. The van der Waals surface area contributed by atoms with Crippen molar-refractivity contribution in [2.45, 2.75) is 40.3 Å². The quantitative estimate of drug-likeness (QED) is 0.876. The summed E-state index contributed by atoms with van der Waals surface area (Å²) in [6.07, 6.45) is 0. The minimum atomic E-state index is -0.664. The number of imide groups is 1. The second-order valence-electron chi connectivity index (χ2n) is 5.92. The summed E-state index contributed by atoms with van der Waals surface area (Å²) in [6, 6.07) is 2.93. The number of hydrogen-bond acceptors (Lipinski definition) is 5.